The number of halogens is 1. The van der Waals surface area contributed by atoms with Crippen molar-refractivity contribution in [2.24, 2.45) is 0 Å². The van der Waals surface area contributed by atoms with Gasteiger partial charge in [0.2, 0.25) is 5.91 Å². The van der Waals surface area contributed by atoms with Gasteiger partial charge in [-0.3, -0.25) is 9.69 Å². The Labute approximate surface area is 140 Å². The number of aryl methyl sites for hydroxylation is 1. The predicted molar refractivity (Wildman–Crippen MR) is 94.8 cm³/mol. The molecule has 0 saturated carbocycles. The molecule has 1 saturated heterocycles. The summed E-state index contributed by atoms with van der Waals surface area (Å²) in [6.07, 6.45) is 3.36. The van der Waals surface area contributed by atoms with E-state index in [1.807, 2.05) is 31.2 Å². The lowest BCUT2D eigenvalue weighted by Gasteiger charge is -2.34. The van der Waals surface area contributed by atoms with Crippen LogP contribution in [0.3, 0.4) is 0 Å². The number of hydrogen-bond acceptors (Lipinski definition) is 3. The summed E-state index contributed by atoms with van der Waals surface area (Å²) in [7, 11) is 0. The van der Waals surface area contributed by atoms with Gasteiger partial charge >= 0.3 is 0 Å². The van der Waals surface area contributed by atoms with Crippen molar-refractivity contribution >= 4 is 24.0 Å². The lowest BCUT2D eigenvalue weighted by Crippen LogP contribution is -2.46. The quantitative estimate of drug-likeness (QED) is 0.845. The minimum Gasteiger partial charge on any atom is -0.325 e. The summed E-state index contributed by atoms with van der Waals surface area (Å²) in [6.45, 7) is 7.81. The van der Waals surface area contributed by atoms with E-state index in [9.17, 15) is 4.79 Å². The maximum atomic E-state index is 12.3. The normalized spacial score (nSPS) is 15.4. The van der Waals surface area contributed by atoms with Gasteiger partial charge < -0.3 is 10.6 Å². The lowest BCUT2D eigenvalue weighted by atomic mass is 10.0. The summed E-state index contributed by atoms with van der Waals surface area (Å²) in [5.41, 5.74) is 2.05. The number of amides is 1. The van der Waals surface area contributed by atoms with Crippen molar-refractivity contribution in [1.82, 2.24) is 10.2 Å². The van der Waals surface area contributed by atoms with Crippen LogP contribution in [0.2, 0.25) is 0 Å². The standard InChI is InChI=1S/C17H27N3O.ClH/c1-3-11-20(16-7-9-18-10-8-16)13-17(21)19-15-6-4-5-14(2)12-15;/h4-6,12,16,18H,3,7-11,13H2,1-2H3,(H,19,21);1H. The number of rotatable bonds is 6. The van der Waals surface area contributed by atoms with Crippen LogP contribution in [0.15, 0.2) is 24.3 Å². The van der Waals surface area contributed by atoms with Crippen LogP contribution >= 0.6 is 12.4 Å². The van der Waals surface area contributed by atoms with Crippen LogP contribution in [0, 0.1) is 6.92 Å². The fourth-order valence-electron chi connectivity index (χ4n) is 2.96. The number of nitrogens with zero attached hydrogens (tertiary/aromatic N) is 1. The highest BCUT2D eigenvalue weighted by Crippen LogP contribution is 2.13. The largest absolute Gasteiger partial charge is 0.325 e. The molecule has 1 amide bonds. The molecule has 1 aliphatic rings. The van der Waals surface area contributed by atoms with Crippen molar-refractivity contribution < 1.29 is 4.79 Å². The van der Waals surface area contributed by atoms with E-state index in [1.165, 1.54) is 0 Å². The summed E-state index contributed by atoms with van der Waals surface area (Å²) in [4.78, 5) is 14.6. The summed E-state index contributed by atoms with van der Waals surface area (Å²) in [5, 5.41) is 6.40. The van der Waals surface area contributed by atoms with Crippen LogP contribution in [0.1, 0.15) is 31.7 Å². The average molecular weight is 326 g/mol. The van der Waals surface area contributed by atoms with Crippen LogP contribution in [0.5, 0.6) is 0 Å². The first kappa shape index (κ1) is 18.9. The lowest BCUT2D eigenvalue weighted by molar-refractivity contribution is -0.118. The van der Waals surface area contributed by atoms with Gasteiger partial charge in [-0.05, 0) is 63.5 Å². The molecule has 0 bridgehead atoms. The third-order valence-electron chi connectivity index (χ3n) is 3.98. The first-order valence-electron chi connectivity index (χ1n) is 8.00. The van der Waals surface area contributed by atoms with Gasteiger partial charge in [-0.25, -0.2) is 0 Å². The first-order valence-corrected chi connectivity index (χ1v) is 8.00. The predicted octanol–water partition coefficient (Wildman–Crippen LogP) is 2.82. The summed E-state index contributed by atoms with van der Waals surface area (Å²) >= 11 is 0. The van der Waals surface area contributed by atoms with E-state index in [-0.39, 0.29) is 18.3 Å². The van der Waals surface area contributed by atoms with Gasteiger partial charge in [-0.1, -0.05) is 19.1 Å². The minimum absolute atomic E-state index is 0. The van der Waals surface area contributed by atoms with E-state index in [2.05, 4.69) is 22.5 Å². The zero-order valence-corrected chi connectivity index (χ0v) is 14.4. The highest BCUT2D eigenvalue weighted by atomic mass is 35.5. The molecule has 0 aliphatic carbocycles. The van der Waals surface area contributed by atoms with E-state index >= 15 is 0 Å². The monoisotopic (exact) mass is 325 g/mol. The fraction of sp³-hybridized carbons (Fsp3) is 0.588. The van der Waals surface area contributed by atoms with E-state index < -0.39 is 0 Å². The molecule has 22 heavy (non-hydrogen) atoms. The molecule has 0 atom stereocenters. The third kappa shape index (κ3) is 5.95. The van der Waals surface area contributed by atoms with E-state index in [4.69, 9.17) is 0 Å². The highest BCUT2D eigenvalue weighted by molar-refractivity contribution is 5.92. The van der Waals surface area contributed by atoms with Gasteiger partial charge in [-0.15, -0.1) is 12.4 Å². The molecular formula is C17H28ClN3O. The Balaban J connectivity index is 0.00000242. The summed E-state index contributed by atoms with van der Waals surface area (Å²) < 4.78 is 0. The van der Waals surface area contributed by atoms with Crippen LogP contribution in [0.4, 0.5) is 5.69 Å². The molecule has 0 unspecified atom stereocenters. The number of nitrogens with one attached hydrogen (secondary N) is 2. The maximum Gasteiger partial charge on any atom is 0.238 e. The number of hydrogen-bond donors (Lipinski definition) is 2. The number of benzene rings is 1. The molecule has 0 spiro atoms. The highest BCUT2D eigenvalue weighted by Gasteiger charge is 2.22. The number of piperidine rings is 1. The topological polar surface area (TPSA) is 44.4 Å². The van der Waals surface area contributed by atoms with Crippen molar-refractivity contribution in [2.45, 2.75) is 39.2 Å². The second kappa shape index (κ2) is 9.82. The van der Waals surface area contributed by atoms with Crippen LogP contribution in [-0.2, 0) is 4.79 Å². The molecule has 124 valence electrons. The SMILES string of the molecule is CCCN(CC(=O)Nc1cccc(C)c1)C1CCNCC1.Cl. The Hall–Kier alpha value is -1.10. The van der Waals surface area contributed by atoms with Gasteiger partial charge in [0.25, 0.3) is 0 Å². The van der Waals surface area contributed by atoms with Gasteiger partial charge in [0.15, 0.2) is 0 Å². The molecule has 1 fully saturated rings. The van der Waals surface area contributed by atoms with Gasteiger partial charge in [0.1, 0.15) is 0 Å². The molecule has 1 heterocycles. The molecule has 0 aromatic heterocycles. The third-order valence-corrected chi connectivity index (χ3v) is 3.98. The molecule has 5 heteroatoms. The molecular weight excluding hydrogens is 298 g/mol. The molecule has 0 radical (unpaired) electrons. The molecule has 1 aromatic rings. The maximum absolute atomic E-state index is 12.3. The van der Waals surface area contributed by atoms with Gasteiger partial charge in [-0.2, -0.15) is 0 Å². The molecule has 4 nitrogen and oxygen atoms in total. The summed E-state index contributed by atoms with van der Waals surface area (Å²) in [5.74, 6) is 0.0904. The Kier molecular flexibility index (Phi) is 8.46. The Morgan fingerprint density at radius 3 is 2.73 bits per heavy atom. The van der Waals surface area contributed by atoms with E-state index in [0.29, 0.717) is 12.6 Å². The van der Waals surface area contributed by atoms with Crippen LogP contribution < -0.4 is 10.6 Å². The number of anilines is 1. The Morgan fingerprint density at radius 1 is 1.36 bits per heavy atom. The van der Waals surface area contributed by atoms with Gasteiger partial charge in [0.05, 0.1) is 6.54 Å². The number of carbonyl (C=O) groups excluding carboxylic acids is 1. The molecule has 2 rings (SSSR count). The Morgan fingerprint density at radius 2 is 2.09 bits per heavy atom. The zero-order valence-electron chi connectivity index (χ0n) is 13.6. The van der Waals surface area contributed by atoms with Crippen molar-refractivity contribution in [3.63, 3.8) is 0 Å². The second-order valence-electron chi connectivity index (χ2n) is 5.87. The van der Waals surface area contributed by atoms with Crippen molar-refractivity contribution in [2.75, 3.05) is 31.5 Å². The molecule has 2 N–H and O–H groups in total. The molecule has 1 aliphatic heterocycles. The zero-order chi connectivity index (χ0) is 15.1. The van der Waals surface area contributed by atoms with Gasteiger partial charge in [0, 0.05) is 11.7 Å². The summed E-state index contributed by atoms with van der Waals surface area (Å²) in [6, 6.07) is 8.50. The van der Waals surface area contributed by atoms with Crippen molar-refractivity contribution in [1.29, 1.82) is 0 Å². The van der Waals surface area contributed by atoms with Crippen molar-refractivity contribution in [3.8, 4) is 0 Å². The van der Waals surface area contributed by atoms with E-state index in [1.54, 1.807) is 0 Å². The molecule has 1 aromatic carbocycles. The smallest absolute Gasteiger partial charge is 0.238 e. The van der Waals surface area contributed by atoms with Crippen LogP contribution in [-0.4, -0.2) is 43.0 Å². The fourth-order valence-corrected chi connectivity index (χ4v) is 2.96. The Bertz CT molecular complexity index is 461. The van der Waals surface area contributed by atoms with E-state index in [0.717, 1.165) is 50.1 Å². The second-order valence-corrected chi connectivity index (χ2v) is 5.87. The first-order chi connectivity index (χ1) is 10.2. The van der Waals surface area contributed by atoms with Crippen LogP contribution in [0.25, 0.3) is 0 Å². The average Bonchev–Trinajstić information content (AvgIpc) is 2.47. The minimum atomic E-state index is 0. The number of carbonyl (C=O) groups is 1. The van der Waals surface area contributed by atoms with Crippen molar-refractivity contribution in [3.05, 3.63) is 29.8 Å².